The Morgan fingerprint density at radius 1 is 0.415 bits per heavy atom. The highest BCUT2D eigenvalue weighted by molar-refractivity contribution is 7.19. The van der Waals surface area contributed by atoms with Crippen molar-refractivity contribution in [2.24, 2.45) is 0 Å². The maximum atomic E-state index is 6.38. The van der Waals surface area contributed by atoms with Gasteiger partial charge in [-0.15, -0.1) is 0 Å². The summed E-state index contributed by atoms with van der Waals surface area (Å²) in [5.41, 5.74) is 12.2. The van der Waals surface area contributed by atoms with Crippen molar-refractivity contribution in [3.8, 4) is 22.5 Å². The molecule has 0 unspecified atom stereocenters. The molecule has 0 bridgehead atoms. The Morgan fingerprint density at radius 2 is 0.969 bits per heavy atom. The summed E-state index contributed by atoms with van der Waals surface area (Å²) < 4.78 is 11.1. The molecule has 0 aliphatic heterocycles. The Morgan fingerprint density at radius 3 is 1.65 bits per heavy atom. The molecule has 0 spiro atoms. The van der Waals surface area contributed by atoms with Crippen molar-refractivity contribution in [3.05, 3.63) is 242 Å². The molecule has 0 fully saturated rings. The lowest BCUT2D eigenvalue weighted by Gasteiger charge is -2.34. The van der Waals surface area contributed by atoms with Crippen molar-refractivity contribution in [1.29, 1.82) is 0 Å². The predicted molar refractivity (Wildman–Crippen MR) is 279 cm³/mol. The van der Waals surface area contributed by atoms with Gasteiger partial charge in [0.1, 0.15) is 11.2 Å². The lowest BCUT2D eigenvalue weighted by Crippen LogP contribution is -2.74. The van der Waals surface area contributed by atoms with E-state index in [-0.39, 0.29) is 0 Å². The third-order valence-electron chi connectivity index (χ3n) is 13.4. The van der Waals surface area contributed by atoms with Gasteiger partial charge in [0, 0.05) is 43.9 Å². The summed E-state index contributed by atoms with van der Waals surface area (Å²) in [4.78, 5) is 0. The second kappa shape index (κ2) is 15.6. The molecule has 4 heteroatoms. The first-order chi connectivity index (χ1) is 32.1. The number of rotatable bonds is 9. The van der Waals surface area contributed by atoms with E-state index in [0.717, 1.165) is 55.6 Å². The Hall–Kier alpha value is -8.18. The Balaban J connectivity index is 1.02. The van der Waals surface area contributed by atoms with Crippen molar-refractivity contribution in [1.82, 2.24) is 9.13 Å². The van der Waals surface area contributed by atoms with E-state index in [1.165, 1.54) is 53.5 Å². The largest absolute Gasteiger partial charge is 0.456 e. The highest BCUT2D eigenvalue weighted by atomic mass is 28.3. The van der Waals surface area contributed by atoms with Crippen LogP contribution in [0.2, 0.25) is 0 Å². The van der Waals surface area contributed by atoms with E-state index in [9.17, 15) is 0 Å². The van der Waals surface area contributed by atoms with Gasteiger partial charge < -0.3 is 13.6 Å². The summed E-state index contributed by atoms with van der Waals surface area (Å²) in [5.74, 6) is 0. The van der Waals surface area contributed by atoms with Crippen LogP contribution in [0.4, 0.5) is 0 Å². The zero-order valence-corrected chi connectivity index (χ0v) is 37.0. The zero-order valence-electron chi connectivity index (χ0n) is 36.0. The van der Waals surface area contributed by atoms with Gasteiger partial charge in [0.2, 0.25) is 0 Å². The third-order valence-corrected chi connectivity index (χ3v) is 18.2. The smallest absolute Gasteiger partial charge is 0.179 e. The summed E-state index contributed by atoms with van der Waals surface area (Å²) in [6.07, 6.45) is 6.29. The molecule has 0 N–H and O–H groups in total. The molecule has 3 heterocycles. The van der Waals surface area contributed by atoms with Crippen molar-refractivity contribution in [3.63, 3.8) is 0 Å². The molecule has 0 aliphatic carbocycles. The minimum Gasteiger partial charge on any atom is -0.456 e. The Bertz CT molecular complexity index is 3720. The van der Waals surface area contributed by atoms with E-state index in [1.54, 1.807) is 0 Å². The summed E-state index contributed by atoms with van der Waals surface area (Å²) in [7, 11) is -2.85. The van der Waals surface area contributed by atoms with E-state index >= 15 is 0 Å². The predicted octanol–water partition coefficient (Wildman–Crippen LogP) is 13.3. The van der Waals surface area contributed by atoms with Crippen LogP contribution >= 0.6 is 0 Å². The molecule has 12 aromatic rings. The van der Waals surface area contributed by atoms with E-state index in [4.69, 9.17) is 4.42 Å². The van der Waals surface area contributed by atoms with Crippen molar-refractivity contribution < 1.29 is 4.42 Å². The van der Waals surface area contributed by atoms with Crippen LogP contribution in [0.3, 0.4) is 0 Å². The second-order valence-corrected chi connectivity index (χ2v) is 20.6. The molecule has 0 radical (unpaired) electrons. The van der Waals surface area contributed by atoms with Crippen LogP contribution in [0, 0.1) is 0 Å². The van der Waals surface area contributed by atoms with Gasteiger partial charge >= 0.3 is 0 Å². The van der Waals surface area contributed by atoms with Crippen molar-refractivity contribution in [2.75, 3.05) is 0 Å². The van der Waals surface area contributed by atoms with Gasteiger partial charge in [0.05, 0.1) is 22.2 Å². The number of hydrogen-bond acceptors (Lipinski definition) is 1. The molecule has 0 saturated heterocycles. The lowest BCUT2D eigenvalue weighted by atomic mass is 10.0. The fourth-order valence-electron chi connectivity index (χ4n) is 10.5. The summed E-state index contributed by atoms with van der Waals surface area (Å²) in [6, 6.07) is 80.3. The fraction of sp³-hybridized carbons (Fsp3) is 0.0164. The number of aromatic nitrogens is 2. The molecule has 308 valence electrons. The molecule has 0 aliphatic rings. The molecule has 0 saturated carbocycles. The number of hydrogen-bond donors (Lipinski definition) is 0. The van der Waals surface area contributed by atoms with Gasteiger partial charge in [-0.2, -0.15) is 0 Å². The lowest BCUT2D eigenvalue weighted by molar-refractivity contribution is 0.669. The fourth-order valence-corrected chi connectivity index (χ4v) is 15.2. The Kier molecular flexibility index (Phi) is 9.21. The number of allylic oxidation sites excluding steroid dienone is 1. The van der Waals surface area contributed by atoms with Crippen LogP contribution in [0.25, 0.3) is 89.3 Å². The van der Waals surface area contributed by atoms with E-state index < -0.39 is 8.07 Å². The van der Waals surface area contributed by atoms with Gasteiger partial charge in [0.25, 0.3) is 0 Å². The number of furan rings is 1. The molecule has 0 atom stereocenters. The summed E-state index contributed by atoms with van der Waals surface area (Å²) in [6.45, 7) is 6.35. The first-order valence-electron chi connectivity index (χ1n) is 22.3. The first-order valence-corrected chi connectivity index (χ1v) is 24.3. The standard InChI is InChI=1S/C61H44N2OSi/c1-3-18-56-50(4-2)53-39-43(31-38-58(53)62(56)44-19-8-5-9-20-44)42-29-34-48(35-30-42)65(46-21-10-6-11-22-46,47-23-12-7-13-24-47)49-36-32-45(33-37-49)63-57-27-16-14-25-51(57)54-41-61-55(40-59(54)63)52-26-15-17-28-60(52)64-61/h3-41H,2H2,1H3/b18-3-. The maximum Gasteiger partial charge on any atom is 0.179 e. The molecule has 9 aromatic carbocycles. The van der Waals surface area contributed by atoms with Gasteiger partial charge in [-0.3, -0.25) is 0 Å². The zero-order chi connectivity index (χ0) is 43.5. The van der Waals surface area contributed by atoms with E-state index in [1.807, 2.05) is 12.1 Å². The van der Waals surface area contributed by atoms with Gasteiger partial charge in [-0.05, 0) is 106 Å². The number of benzene rings is 9. The number of para-hydroxylation sites is 3. The molecule has 0 amide bonds. The molecule has 3 aromatic heterocycles. The molecular weight excluding hydrogens is 805 g/mol. The van der Waals surface area contributed by atoms with Gasteiger partial charge in [-0.1, -0.05) is 176 Å². The number of nitrogens with zero attached hydrogens (tertiary/aromatic N) is 2. The van der Waals surface area contributed by atoms with Crippen LogP contribution < -0.4 is 20.7 Å². The number of fused-ring (bicyclic) bond motifs is 7. The van der Waals surface area contributed by atoms with Crippen molar-refractivity contribution in [2.45, 2.75) is 6.92 Å². The van der Waals surface area contributed by atoms with Gasteiger partial charge in [-0.25, -0.2) is 0 Å². The van der Waals surface area contributed by atoms with Crippen LogP contribution in [0.5, 0.6) is 0 Å². The maximum absolute atomic E-state index is 6.38. The highest BCUT2D eigenvalue weighted by Gasteiger charge is 2.41. The molecule has 65 heavy (non-hydrogen) atoms. The Labute approximate surface area is 379 Å². The summed E-state index contributed by atoms with van der Waals surface area (Å²) >= 11 is 0. The van der Waals surface area contributed by atoms with Crippen LogP contribution in [0.15, 0.2) is 235 Å². The van der Waals surface area contributed by atoms with E-state index in [2.05, 4.69) is 247 Å². The average molecular weight is 849 g/mol. The minimum atomic E-state index is -2.85. The molecule has 12 rings (SSSR count). The monoisotopic (exact) mass is 848 g/mol. The third kappa shape index (κ3) is 6.02. The molecular formula is C61H44N2OSi. The van der Waals surface area contributed by atoms with Gasteiger partial charge in [0.15, 0.2) is 8.07 Å². The average Bonchev–Trinajstić information content (AvgIpc) is 4.01. The van der Waals surface area contributed by atoms with Crippen LogP contribution in [0.1, 0.15) is 18.2 Å². The second-order valence-electron chi connectivity index (χ2n) is 16.8. The SMILES string of the molecule is C=Cc1c(/C=C\C)n(-c2ccccc2)c2ccc(-c3ccc([Si](c4ccccc4)(c4ccccc4)c4ccc(-n5c6ccccc6c6cc7oc8ccccc8c7cc65)cc4)cc3)cc12. The quantitative estimate of drug-likeness (QED) is 0.105. The van der Waals surface area contributed by atoms with E-state index in [0.29, 0.717) is 0 Å². The molecule has 3 nitrogen and oxygen atoms in total. The van der Waals surface area contributed by atoms with Crippen LogP contribution in [-0.2, 0) is 0 Å². The highest BCUT2D eigenvalue weighted by Crippen LogP contribution is 2.39. The van der Waals surface area contributed by atoms with Crippen LogP contribution in [-0.4, -0.2) is 17.2 Å². The van der Waals surface area contributed by atoms with Crippen molar-refractivity contribution >= 4 is 95.6 Å². The minimum absolute atomic E-state index is 0.909. The summed E-state index contributed by atoms with van der Waals surface area (Å²) in [5, 5.41) is 11.2. The normalized spacial score (nSPS) is 12.1. The topological polar surface area (TPSA) is 23.0 Å². The first kappa shape index (κ1) is 38.5.